The van der Waals surface area contributed by atoms with Crippen molar-refractivity contribution < 1.29 is 0 Å². The molecule has 4 nitrogen and oxygen atoms in total. The second kappa shape index (κ2) is 5.05. The molecule has 0 bridgehead atoms. The van der Waals surface area contributed by atoms with Gasteiger partial charge in [0.05, 0.1) is 6.04 Å². The van der Waals surface area contributed by atoms with Gasteiger partial charge in [0.1, 0.15) is 5.51 Å². The zero-order valence-corrected chi connectivity index (χ0v) is 9.87. The molecule has 2 aromatic rings. The Morgan fingerprint density at radius 3 is 2.69 bits per heavy atom. The monoisotopic (exact) mass is 234 g/mol. The minimum absolute atomic E-state index is 0.222. The quantitative estimate of drug-likeness (QED) is 0.851. The first-order valence-corrected chi connectivity index (χ1v) is 5.99. The molecule has 1 atom stereocenters. The number of nitrogens with zero attached hydrogens (tertiary/aromatic N) is 2. The molecular formula is C11H14N4S. The molecule has 3 N–H and O–H groups in total. The van der Waals surface area contributed by atoms with Crippen molar-refractivity contribution in [3.05, 3.63) is 40.9 Å². The Bertz CT molecular complexity index is 424. The van der Waals surface area contributed by atoms with Crippen molar-refractivity contribution in [2.24, 2.45) is 5.73 Å². The Balaban J connectivity index is 2.05. The maximum atomic E-state index is 5.55. The van der Waals surface area contributed by atoms with Crippen LogP contribution in [0.4, 0.5) is 5.13 Å². The second-order valence-corrected chi connectivity index (χ2v) is 4.39. The minimum atomic E-state index is 0.222. The van der Waals surface area contributed by atoms with E-state index in [1.807, 2.05) is 12.1 Å². The number of anilines is 1. The number of benzene rings is 1. The molecule has 2 rings (SSSR count). The largest absolute Gasteiger partial charge is 0.354 e. The first-order valence-electron chi connectivity index (χ1n) is 5.11. The second-order valence-electron chi connectivity index (χ2n) is 3.56. The predicted molar refractivity (Wildman–Crippen MR) is 66.3 cm³/mol. The molecule has 0 fully saturated rings. The zero-order valence-electron chi connectivity index (χ0n) is 9.05. The molecule has 1 aromatic heterocycles. The van der Waals surface area contributed by atoms with Gasteiger partial charge in [-0.3, -0.25) is 0 Å². The van der Waals surface area contributed by atoms with Crippen LogP contribution in [0.5, 0.6) is 0 Å². The third-order valence-corrected chi connectivity index (χ3v) is 3.04. The van der Waals surface area contributed by atoms with Crippen LogP contribution in [-0.2, 0) is 6.54 Å². The topological polar surface area (TPSA) is 63.8 Å². The lowest BCUT2D eigenvalue weighted by Gasteiger charge is -2.13. The van der Waals surface area contributed by atoms with E-state index >= 15 is 0 Å². The number of rotatable bonds is 4. The summed E-state index contributed by atoms with van der Waals surface area (Å²) in [6, 6.07) is 8.49. The normalized spacial score (nSPS) is 12.4. The van der Waals surface area contributed by atoms with Crippen LogP contribution < -0.4 is 11.1 Å². The number of nitrogens with one attached hydrogen (secondary N) is 1. The maximum Gasteiger partial charge on any atom is 0.205 e. The van der Waals surface area contributed by atoms with Crippen LogP contribution in [-0.4, -0.2) is 10.2 Å². The number of aromatic nitrogens is 2. The van der Waals surface area contributed by atoms with Gasteiger partial charge in [0.15, 0.2) is 0 Å². The minimum Gasteiger partial charge on any atom is -0.354 e. The first-order chi connectivity index (χ1) is 7.79. The third kappa shape index (κ3) is 2.56. The molecule has 1 unspecified atom stereocenters. The molecule has 0 amide bonds. The highest BCUT2D eigenvalue weighted by Crippen LogP contribution is 2.20. The van der Waals surface area contributed by atoms with Crippen molar-refractivity contribution in [3.63, 3.8) is 0 Å². The standard InChI is InChI=1S/C11H14N4S/c1-8(14-11-15-13-7-16-11)10-4-2-9(6-12)3-5-10/h2-5,7-8H,6,12H2,1H3,(H,14,15). The number of nitrogens with two attached hydrogens (primary N) is 1. The van der Waals surface area contributed by atoms with Crippen LogP contribution in [0.25, 0.3) is 0 Å². The molecule has 0 radical (unpaired) electrons. The Morgan fingerprint density at radius 1 is 1.38 bits per heavy atom. The summed E-state index contributed by atoms with van der Waals surface area (Å²) in [6.45, 7) is 2.68. The van der Waals surface area contributed by atoms with E-state index in [-0.39, 0.29) is 6.04 Å². The van der Waals surface area contributed by atoms with Gasteiger partial charge in [0.25, 0.3) is 0 Å². The summed E-state index contributed by atoms with van der Waals surface area (Å²) in [7, 11) is 0. The van der Waals surface area contributed by atoms with Crippen LogP contribution in [0, 0.1) is 0 Å². The van der Waals surface area contributed by atoms with Crippen LogP contribution in [0.15, 0.2) is 29.8 Å². The Kier molecular flexibility index (Phi) is 3.48. The zero-order chi connectivity index (χ0) is 11.4. The van der Waals surface area contributed by atoms with E-state index in [4.69, 9.17) is 5.73 Å². The Morgan fingerprint density at radius 2 is 2.12 bits per heavy atom. The molecule has 84 valence electrons. The summed E-state index contributed by atoms with van der Waals surface area (Å²) >= 11 is 1.50. The van der Waals surface area contributed by atoms with E-state index in [9.17, 15) is 0 Å². The van der Waals surface area contributed by atoms with Crippen molar-refractivity contribution in [1.29, 1.82) is 0 Å². The summed E-state index contributed by atoms with van der Waals surface area (Å²) in [5.74, 6) is 0. The van der Waals surface area contributed by atoms with Gasteiger partial charge in [-0.2, -0.15) is 0 Å². The Hall–Kier alpha value is -1.46. The molecule has 16 heavy (non-hydrogen) atoms. The summed E-state index contributed by atoms with van der Waals surface area (Å²) in [5.41, 5.74) is 9.63. The molecule has 0 spiro atoms. The number of hydrogen-bond donors (Lipinski definition) is 2. The molecule has 1 heterocycles. The molecular weight excluding hydrogens is 220 g/mol. The van der Waals surface area contributed by atoms with Gasteiger partial charge in [-0.15, -0.1) is 10.2 Å². The SMILES string of the molecule is CC(Nc1nncs1)c1ccc(CN)cc1. The van der Waals surface area contributed by atoms with E-state index < -0.39 is 0 Å². The molecule has 0 saturated carbocycles. The average Bonchev–Trinajstić information content (AvgIpc) is 2.82. The highest BCUT2D eigenvalue weighted by Gasteiger charge is 2.06. The summed E-state index contributed by atoms with van der Waals surface area (Å²) in [6.07, 6.45) is 0. The first kappa shape index (κ1) is 11.0. The predicted octanol–water partition coefficient (Wildman–Crippen LogP) is 2.17. The summed E-state index contributed by atoms with van der Waals surface area (Å²) < 4.78 is 0. The lowest BCUT2D eigenvalue weighted by Crippen LogP contribution is -2.06. The van der Waals surface area contributed by atoms with E-state index in [2.05, 4.69) is 34.6 Å². The van der Waals surface area contributed by atoms with Crippen LogP contribution >= 0.6 is 11.3 Å². The van der Waals surface area contributed by atoms with Crippen molar-refractivity contribution >= 4 is 16.5 Å². The molecule has 0 aliphatic carbocycles. The lowest BCUT2D eigenvalue weighted by molar-refractivity contribution is 0.871. The van der Waals surface area contributed by atoms with E-state index in [0.29, 0.717) is 6.54 Å². The molecule has 5 heteroatoms. The van der Waals surface area contributed by atoms with Gasteiger partial charge in [-0.25, -0.2) is 0 Å². The van der Waals surface area contributed by atoms with Crippen molar-refractivity contribution in [2.45, 2.75) is 19.5 Å². The highest BCUT2D eigenvalue weighted by molar-refractivity contribution is 7.13. The maximum absolute atomic E-state index is 5.55. The highest BCUT2D eigenvalue weighted by atomic mass is 32.1. The van der Waals surface area contributed by atoms with Gasteiger partial charge in [0.2, 0.25) is 5.13 Å². The smallest absolute Gasteiger partial charge is 0.205 e. The van der Waals surface area contributed by atoms with Crippen LogP contribution in [0.2, 0.25) is 0 Å². The van der Waals surface area contributed by atoms with E-state index in [0.717, 1.165) is 10.7 Å². The lowest BCUT2D eigenvalue weighted by atomic mass is 10.1. The van der Waals surface area contributed by atoms with Crippen LogP contribution in [0.3, 0.4) is 0 Å². The number of hydrogen-bond acceptors (Lipinski definition) is 5. The van der Waals surface area contributed by atoms with Crippen molar-refractivity contribution in [1.82, 2.24) is 10.2 Å². The fraction of sp³-hybridized carbons (Fsp3) is 0.273. The third-order valence-electron chi connectivity index (χ3n) is 2.42. The van der Waals surface area contributed by atoms with Crippen molar-refractivity contribution in [2.75, 3.05) is 5.32 Å². The average molecular weight is 234 g/mol. The van der Waals surface area contributed by atoms with Crippen LogP contribution in [0.1, 0.15) is 24.1 Å². The van der Waals surface area contributed by atoms with E-state index in [1.54, 1.807) is 5.51 Å². The molecule has 0 aliphatic rings. The van der Waals surface area contributed by atoms with Gasteiger partial charge >= 0.3 is 0 Å². The molecule has 1 aromatic carbocycles. The molecule has 0 aliphatic heterocycles. The van der Waals surface area contributed by atoms with Gasteiger partial charge in [0, 0.05) is 6.54 Å². The molecule has 0 saturated heterocycles. The van der Waals surface area contributed by atoms with Gasteiger partial charge in [-0.05, 0) is 18.1 Å². The van der Waals surface area contributed by atoms with Gasteiger partial charge in [-0.1, -0.05) is 35.6 Å². The van der Waals surface area contributed by atoms with Crippen molar-refractivity contribution in [3.8, 4) is 0 Å². The fourth-order valence-electron chi connectivity index (χ4n) is 1.45. The summed E-state index contributed by atoms with van der Waals surface area (Å²) in [4.78, 5) is 0. The van der Waals surface area contributed by atoms with Gasteiger partial charge < -0.3 is 11.1 Å². The Labute approximate surface area is 98.5 Å². The summed E-state index contributed by atoms with van der Waals surface area (Å²) in [5, 5.41) is 11.9. The fourth-order valence-corrected chi connectivity index (χ4v) is 1.98. The van der Waals surface area contributed by atoms with E-state index in [1.165, 1.54) is 16.9 Å².